The predicted octanol–water partition coefficient (Wildman–Crippen LogP) is 1.43. The van der Waals surface area contributed by atoms with Crippen molar-refractivity contribution in [2.45, 2.75) is 0 Å². The number of phenols is 1. The van der Waals surface area contributed by atoms with E-state index in [9.17, 15) is 4.79 Å². The molecule has 0 aliphatic carbocycles. The van der Waals surface area contributed by atoms with Gasteiger partial charge in [-0.1, -0.05) is 0 Å². The molecule has 0 unspecified atom stereocenters. The summed E-state index contributed by atoms with van der Waals surface area (Å²) in [4.78, 5) is 11.7. The lowest BCUT2D eigenvalue weighted by Crippen LogP contribution is -2.12. The van der Waals surface area contributed by atoms with Gasteiger partial charge < -0.3 is 10.4 Å². The minimum atomic E-state index is -0.291. The second-order valence-corrected chi connectivity index (χ2v) is 3.11. The number of anilines is 1. The average molecular weight is 215 g/mol. The van der Waals surface area contributed by atoms with Crippen LogP contribution in [0.2, 0.25) is 0 Å². The normalized spacial score (nSPS) is 9.75. The highest BCUT2D eigenvalue weighted by atomic mass is 16.3. The van der Waals surface area contributed by atoms with E-state index in [1.165, 1.54) is 30.5 Å². The Morgan fingerprint density at radius 2 is 1.94 bits per heavy atom. The van der Waals surface area contributed by atoms with Crippen molar-refractivity contribution in [2.75, 3.05) is 5.32 Å². The Morgan fingerprint density at radius 3 is 2.56 bits per heavy atom. The minimum Gasteiger partial charge on any atom is -0.508 e. The lowest BCUT2D eigenvalue weighted by molar-refractivity contribution is 0.102. The lowest BCUT2D eigenvalue weighted by Gasteiger charge is -2.02. The minimum absolute atomic E-state index is 0.121. The fourth-order valence-corrected chi connectivity index (χ4v) is 1.17. The number of nitrogens with zero attached hydrogens (tertiary/aromatic N) is 2. The van der Waals surface area contributed by atoms with Gasteiger partial charge in [0.25, 0.3) is 5.91 Å². The first-order valence-corrected chi connectivity index (χ1v) is 4.64. The molecular formula is C11H9N3O2. The molecule has 0 saturated carbocycles. The maximum Gasteiger partial charge on any atom is 0.256 e. The molecule has 0 aliphatic rings. The monoisotopic (exact) mass is 215 g/mol. The topological polar surface area (TPSA) is 75.1 Å². The van der Waals surface area contributed by atoms with E-state index >= 15 is 0 Å². The molecule has 1 aromatic heterocycles. The standard InChI is InChI=1S/C11H9N3O2/c15-9-5-3-8(4-6-9)11(16)13-10-2-1-7-12-14-10/h1-7,15H,(H,13,14,16). The van der Waals surface area contributed by atoms with Crippen LogP contribution in [0.4, 0.5) is 5.82 Å². The van der Waals surface area contributed by atoms with Crippen LogP contribution >= 0.6 is 0 Å². The first kappa shape index (κ1) is 10.1. The maximum atomic E-state index is 11.7. The number of phenolic OH excluding ortho intramolecular Hbond substituents is 1. The van der Waals surface area contributed by atoms with Crippen LogP contribution in [0.25, 0.3) is 0 Å². The molecule has 0 spiro atoms. The molecule has 1 aromatic carbocycles. The number of aromatic nitrogens is 2. The molecule has 0 atom stereocenters. The van der Waals surface area contributed by atoms with Gasteiger partial charge in [-0.2, -0.15) is 5.10 Å². The van der Waals surface area contributed by atoms with Gasteiger partial charge in [0.15, 0.2) is 5.82 Å². The van der Waals surface area contributed by atoms with Gasteiger partial charge in [0, 0.05) is 11.8 Å². The molecule has 1 amide bonds. The molecule has 80 valence electrons. The van der Waals surface area contributed by atoms with Crippen molar-refractivity contribution in [3.05, 3.63) is 48.2 Å². The van der Waals surface area contributed by atoms with Gasteiger partial charge in [-0.05, 0) is 36.4 Å². The van der Waals surface area contributed by atoms with Crippen LogP contribution in [0.15, 0.2) is 42.6 Å². The fourth-order valence-electron chi connectivity index (χ4n) is 1.17. The number of aromatic hydroxyl groups is 1. The van der Waals surface area contributed by atoms with E-state index < -0.39 is 0 Å². The van der Waals surface area contributed by atoms with Crippen LogP contribution < -0.4 is 5.32 Å². The van der Waals surface area contributed by atoms with Gasteiger partial charge in [0.2, 0.25) is 0 Å². The molecule has 0 radical (unpaired) electrons. The van der Waals surface area contributed by atoms with Crippen molar-refractivity contribution in [3.63, 3.8) is 0 Å². The number of rotatable bonds is 2. The molecule has 5 nitrogen and oxygen atoms in total. The molecule has 0 aliphatic heterocycles. The number of carbonyl (C=O) groups is 1. The summed E-state index contributed by atoms with van der Waals surface area (Å²) in [5.41, 5.74) is 0.448. The number of amides is 1. The van der Waals surface area contributed by atoms with E-state index in [1.54, 1.807) is 12.1 Å². The third kappa shape index (κ3) is 2.33. The van der Waals surface area contributed by atoms with Crippen molar-refractivity contribution in [3.8, 4) is 5.75 Å². The van der Waals surface area contributed by atoms with Crippen LogP contribution in [0, 0.1) is 0 Å². The second kappa shape index (κ2) is 4.39. The van der Waals surface area contributed by atoms with Crippen LogP contribution in [0.5, 0.6) is 5.75 Å². The van der Waals surface area contributed by atoms with Crippen LogP contribution in [-0.4, -0.2) is 21.2 Å². The highest BCUT2D eigenvalue weighted by Crippen LogP contribution is 2.11. The predicted molar refractivity (Wildman–Crippen MR) is 58.1 cm³/mol. The van der Waals surface area contributed by atoms with E-state index in [2.05, 4.69) is 15.5 Å². The molecule has 16 heavy (non-hydrogen) atoms. The summed E-state index contributed by atoms with van der Waals surface area (Å²) in [5, 5.41) is 19.0. The summed E-state index contributed by atoms with van der Waals surface area (Å²) >= 11 is 0. The molecule has 2 rings (SSSR count). The number of benzene rings is 1. The first-order valence-electron chi connectivity index (χ1n) is 4.64. The number of nitrogens with one attached hydrogen (secondary N) is 1. The van der Waals surface area contributed by atoms with Crippen molar-refractivity contribution >= 4 is 11.7 Å². The quantitative estimate of drug-likeness (QED) is 0.794. The highest BCUT2D eigenvalue weighted by Gasteiger charge is 2.06. The maximum absolute atomic E-state index is 11.7. The van der Waals surface area contributed by atoms with E-state index in [0.29, 0.717) is 11.4 Å². The second-order valence-electron chi connectivity index (χ2n) is 3.11. The summed E-state index contributed by atoms with van der Waals surface area (Å²) in [7, 11) is 0. The van der Waals surface area contributed by atoms with Crippen LogP contribution in [0.1, 0.15) is 10.4 Å². The van der Waals surface area contributed by atoms with Gasteiger partial charge >= 0.3 is 0 Å². The van der Waals surface area contributed by atoms with Crippen molar-refractivity contribution in [2.24, 2.45) is 0 Å². The molecule has 2 aromatic rings. The number of carbonyl (C=O) groups excluding carboxylic acids is 1. The van der Waals surface area contributed by atoms with Gasteiger partial charge in [-0.3, -0.25) is 4.79 Å². The molecule has 1 heterocycles. The van der Waals surface area contributed by atoms with Crippen molar-refractivity contribution in [1.29, 1.82) is 0 Å². The lowest BCUT2D eigenvalue weighted by atomic mass is 10.2. The Hall–Kier alpha value is -2.43. The van der Waals surface area contributed by atoms with Crippen molar-refractivity contribution < 1.29 is 9.90 Å². The molecule has 0 saturated heterocycles. The largest absolute Gasteiger partial charge is 0.508 e. The van der Waals surface area contributed by atoms with E-state index in [0.717, 1.165) is 0 Å². The third-order valence-corrected chi connectivity index (χ3v) is 1.94. The van der Waals surface area contributed by atoms with Gasteiger partial charge in [-0.25, -0.2) is 0 Å². The Balaban J connectivity index is 2.12. The number of hydrogen-bond acceptors (Lipinski definition) is 4. The molecule has 0 fully saturated rings. The van der Waals surface area contributed by atoms with Crippen LogP contribution in [0.3, 0.4) is 0 Å². The Labute approximate surface area is 91.8 Å². The zero-order chi connectivity index (χ0) is 11.4. The summed E-state index contributed by atoms with van der Waals surface area (Å²) in [6.45, 7) is 0. The molecule has 0 bridgehead atoms. The third-order valence-electron chi connectivity index (χ3n) is 1.94. The fraction of sp³-hybridized carbons (Fsp3) is 0. The summed E-state index contributed by atoms with van der Waals surface area (Å²) in [5.74, 6) is 0.220. The smallest absolute Gasteiger partial charge is 0.256 e. The van der Waals surface area contributed by atoms with Gasteiger partial charge in [0.05, 0.1) is 0 Å². The Bertz CT molecular complexity index is 482. The Kier molecular flexibility index (Phi) is 2.77. The van der Waals surface area contributed by atoms with E-state index in [4.69, 9.17) is 5.11 Å². The first-order chi connectivity index (χ1) is 7.75. The summed E-state index contributed by atoms with van der Waals surface area (Å²) in [6.07, 6.45) is 1.52. The average Bonchev–Trinajstić information content (AvgIpc) is 2.31. The zero-order valence-corrected chi connectivity index (χ0v) is 8.29. The van der Waals surface area contributed by atoms with Crippen molar-refractivity contribution in [1.82, 2.24) is 10.2 Å². The summed E-state index contributed by atoms with van der Waals surface area (Å²) in [6, 6.07) is 9.28. The van der Waals surface area contributed by atoms with Crippen LogP contribution in [-0.2, 0) is 0 Å². The molecule has 2 N–H and O–H groups in total. The zero-order valence-electron chi connectivity index (χ0n) is 8.29. The molecular weight excluding hydrogens is 206 g/mol. The molecule has 5 heteroatoms. The SMILES string of the molecule is O=C(Nc1cccnn1)c1ccc(O)cc1. The van der Waals surface area contributed by atoms with Gasteiger partial charge in [-0.15, -0.1) is 5.10 Å². The van der Waals surface area contributed by atoms with Gasteiger partial charge in [0.1, 0.15) is 5.75 Å². The summed E-state index contributed by atoms with van der Waals surface area (Å²) < 4.78 is 0. The Morgan fingerprint density at radius 1 is 1.19 bits per heavy atom. The highest BCUT2D eigenvalue weighted by molar-refractivity contribution is 6.03. The van der Waals surface area contributed by atoms with E-state index in [1.807, 2.05) is 0 Å². The number of hydrogen-bond donors (Lipinski definition) is 2. The van der Waals surface area contributed by atoms with E-state index in [-0.39, 0.29) is 11.7 Å².